The van der Waals surface area contributed by atoms with Crippen molar-refractivity contribution < 1.29 is 18.6 Å². The lowest BCUT2D eigenvalue weighted by Crippen LogP contribution is -2.08. The van der Waals surface area contributed by atoms with Gasteiger partial charge in [0.1, 0.15) is 11.4 Å². The summed E-state index contributed by atoms with van der Waals surface area (Å²) in [5, 5.41) is 17.1. The molecule has 0 aromatic carbocycles. The monoisotopic (exact) mass is 282 g/mol. The molecule has 8 heteroatoms. The van der Waals surface area contributed by atoms with Crippen molar-refractivity contribution in [2.45, 2.75) is 19.5 Å². The van der Waals surface area contributed by atoms with Crippen LogP contribution < -0.4 is 4.74 Å². The zero-order chi connectivity index (χ0) is 14.5. The molecule has 20 heavy (non-hydrogen) atoms. The largest absolute Gasteiger partial charge is 0.471 e. The number of halogens is 2. The molecule has 0 fully saturated rings. The molecule has 0 spiro atoms. The fourth-order valence-electron chi connectivity index (χ4n) is 1.52. The number of hydrogen-bond donors (Lipinski definition) is 1. The van der Waals surface area contributed by atoms with Crippen LogP contribution >= 0.6 is 0 Å². The van der Waals surface area contributed by atoms with E-state index in [9.17, 15) is 13.9 Å². The standard InChI is InChI=1S/C12H12F2N4O2/c1-7(19)11-12(16-5-4-15-11)8-2-3-10(18-17-8)20-6-9(13)14/h2-5,7,9,19H,6H2,1H3. The minimum Gasteiger partial charge on any atom is -0.471 e. The summed E-state index contributed by atoms with van der Waals surface area (Å²) in [5.41, 5.74) is 1.12. The predicted octanol–water partition coefficient (Wildman–Crippen LogP) is 1.63. The fraction of sp³-hybridized carbons (Fsp3) is 0.333. The van der Waals surface area contributed by atoms with E-state index in [4.69, 9.17) is 4.74 Å². The summed E-state index contributed by atoms with van der Waals surface area (Å²) in [4.78, 5) is 8.11. The lowest BCUT2D eigenvalue weighted by Gasteiger charge is -2.09. The Balaban J connectivity index is 2.22. The summed E-state index contributed by atoms with van der Waals surface area (Å²) in [6.07, 6.45) is -0.461. The van der Waals surface area contributed by atoms with E-state index in [-0.39, 0.29) is 5.88 Å². The molecule has 0 radical (unpaired) electrons. The third-order valence-corrected chi connectivity index (χ3v) is 2.36. The highest BCUT2D eigenvalue weighted by Crippen LogP contribution is 2.22. The van der Waals surface area contributed by atoms with Gasteiger partial charge >= 0.3 is 0 Å². The highest BCUT2D eigenvalue weighted by atomic mass is 19.3. The van der Waals surface area contributed by atoms with Crippen molar-refractivity contribution >= 4 is 0 Å². The van der Waals surface area contributed by atoms with Gasteiger partial charge in [-0.1, -0.05) is 0 Å². The lowest BCUT2D eigenvalue weighted by molar-refractivity contribution is 0.0791. The Morgan fingerprint density at radius 1 is 1.20 bits per heavy atom. The first-order valence-electron chi connectivity index (χ1n) is 5.82. The van der Waals surface area contributed by atoms with Gasteiger partial charge in [0.15, 0.2) is 6.61 Å². The number of alkyl halides is 2. The Morgan fingerprint density at radius 3 is 2.55 bits per heavy atom. The van der Waals surface area contributed by atoms with E-state index in [1.807, 2.05) is 0 Å². The zero-order valence-corrected chi connectivity index (χ0v) is 10.6. The number of aliphatic hydroxyl groups is 1. The van der Waals surface area contributed by atoms with Gasteiger partial charge in [-0.25, -0.2) is 8.78 Å². The van der Waals surface area contributed by atoms with Crippen molar-refractivity contribution in [3.05, 3.63) is 30.2 Å². The molecule has 2 heterocycles. The molecular weight excluding hydrogens is 270 g/mol. The maximum Gasteiger partial charge on any atom is 0.272 e. The summed E-state index contributed by atoms with van der Waals surface area (Å²) in [7, 11) is 0. The van der Waals surface area contributed by atoms with Gasteiger partial charge in [-0.2, -0.15) is 0 Å². The minimum atomic E-state index is -2.57. The molecule has 106 valence electrons. The van der Waals surface area contributed by atoms with Crippen molar-refractivity contribution in [2.75, 3.05) is 6.61 Å². The molecule has 0 aliphatic rings. The Hall–Kier alpha value is -2.22. The molecule has 1 atom stereocenters. The SMILES string of the molecule is CC(O)c1nccnc1-c1ccc(OCC(F)F)nn1. The number of hydrogen-bond acceptors (Lipinski definition) is 6. The van der Waals surface area contributed by atoms with Gasteiger partial charge in [0.05, 0.1) is 11.8 Å². The number of rotatable bonds is 5. The van der Waals surface area contributed by atoms with Gasteiger partial charge in [-0.05, 0) is 13.0 Å². The summed E-state index contributed by atoms with van der Waals surface area (Å²) in [6, 6.07) is 2.93. The minimum absolute atomic E-state index is 0.00321. The smallest absolute Gasteiger partial charge is 0.272 e. The molecule has 0 saturated heterocycles. The number of nitrogens with zero attached hydrogens (tertiary/aromatic N) is 4. The van der Waals surface area contributed by atoms with Crippen LogP contribution in [0.15, 0.2) is 24.5 Å². The topological polar surface area (TPSA) is 81.0 Å². The van der Waals surface area contributed by atoms with Gasteiger partial charge < -0.3 is 9.84 Å². The van der Waals surface area contributed by atoms with E-state index in [0.29, 0.717) is 17.1 Å². The molecule has 1 unspecified atom stereocenters. The first kappa shape index (κ1) is 14.2. The van der Waals surface area contributed by atoms with Gasteiger partial charge in [0.25, 0.3) is 6.43 Å². The van der Waals surface area contributed by atoms with Gasteiger partial charge in [0.2, 0.25) is 5.88 Å². The van der Waals surface area contributed by atoms with Crippen LogP contribution in [0.1, 0.15) is 18.7 Å². The van der Waals surface area contributed by atoms with Crippen LogP contribution in [0.5, 0.6) is 5.88 Å². The van der Waals surface area contributed by atoms with Crippen LogP contribution in [0.4, 0.5) is 8.78 Å². The average molecular weight is 282 g/mol. The molecule has 0 amide bonds. The molecule has 6 nitrogen and oxygen atoms in total. The van der Waals surface area contributed by atoms with E-state index < -0.39 is 19.1 Å². The highest BCUT2D eigenvalue weighted by Gasteiger charge is 2.14. The van der Waals surface area contributed by atoms with Crippen molar-refractivity contribution in [3.8, 4) is 17.3 Å². The molecule has 0 bridgehead atoms. The molecule has 2 aromatic heterocycles. The van der Waals surface area contributed by atoms with Crippen LogP contribution in [0.25, 0.3) is 11.4 Å². The second-order valence-corrected chi connectivity index (χ2v) is 3.93. The molecule has 0 aliphatic carbocycles. The zero-order valence-electron chi connectivity index (χ0n) is 10.6. The summed E-state index contributed by atoms with van der Waals surface area (Å²) >= 11 is 0. The summed E-state index contributed by atoms with van der Waals surface area (Å²) in [6.45, 7) is 0.819. The van der Waals surface area contributed by atoms with Crippen molar-refractivity contribution in [1.29, 1.82) is 0 Å². The maximum absolute atomic E-state index is 12.0. The van der Waals surface area contributed by atoms with Crippen LogP contribution in [0.2, 0.25) is 0 Å². The Bertz CT molecular complexity index is 564. The number of aromatic nitrogens is 4. The van der Waals surface area contributed by atoms with Gasteiger partial charge in [-0.15, -0.1) is 10.2 Å². The first-order chi connectivity index (χ1) is 9.58. The van der Waals surface area contributed by atoms with E-state index in [1.165, 1.54) is 24.5 Å². The summed E-state index contributed by atoms with van der Waals surface area (Å²) in [5.74, 6) is -0.00321. The molecule has 1 N–H and O–H groups in total. The number of aliphatic hydroxyl groups excluding tert-OH is 1. The Labute approximate surface area is 113 Å². The Kier molecular flexibility index (Phi) is 4.46. The number of ether oxygens (including phenoxy) is 1. The third kappa shape index (κ3) is 3.41. The highest BCUT2D eigenvalue weighted by molar-refractivity contribution is 5.56. The van der Waals surface area contributed by atoms with Gasteiger partial charge in [-0.3, -0.25) is 9.97 Å². The van der Waals surface area contributed by atoms with E-state index >= 15 is 0 Å². The molecule has 2 rings (SSSR count). The summed E-state index contributed by atoms with van der Waals surface area (Å²) < 4.78 is 28.7. The van der Waals surface area contributed by atoms with E-state index in [0.717, 1.165) is 0 Å². The quantitative estimate of drug-likeness (QED) is 0.897. The molecule has 0 saturated carbocycles. The van der Waals surface area contributed by atoms with Gasteiger partial charge in [0, 0.05) is 18.5 Å². The van der Waals surface area contributed by atoms with Crippen LogP contribution in [-0.4, -0.2) is 38.3 Å². The van der Waals surface area contributed by atoms with Crippen LogP contribution in [0.3, 0.4) is 0 Å². The third-order valence-electron chi connectivity index (χ3n) is 2.36. The predicted molar refractivity (Wildman–Crippen MR) is 65.2 cm³/mol. The average Bonchev–Trinajstić information content (AvgIpc) is 2.45. The second-order valence-electron chi connectivity index (χ2n) is 3.93. The van der Waals surface area contributed by atoms with Crippen molar-refractivity contribution in [2.24, 2.45) is 0 Å². The first-order valence-corrected chi connectivity index (χ1v) is 5.82. The van der Waals surface area contributed by atoms with E-state index in [1.54, 1.807) is 6.92 Å². The lowest BCUT2D eigenvalue weighted by atomic mass is 10.1. The van der Waals surface area contributed by atoms with Crippen molar-refractivity contribution in [1.82, 2.24) is 20.2 Å². The van der Waals surface area contributed by atoms with E-state index in [2.05, 4.69) is 20.2 Å². The molecule has 0 aliphatic heterocycles. The Morgan fingerprint density at radius 2 is 1.95 bits per heavy atom. The fourth-order valence-corrected chi connectivity index (χ4v) is 1.52. The maximum atomic E-state index is 12.0. The second kappa shape index (κ2) is 6.29. The normalized spacial score (nSPS) is 12.4. The van der Waals surface area contributed by atoms with Crippen LogP contribution in [-0.2, 0) is 0 Å². The van der Waals surface area contributed by atoms with Crippen molar-refractivity contribution in [3.63, 3.8) is 0 Å². The molecular formula is C12H12F2N4O2. The van der Waals surface area contributed by atoms with Crippen LogP contribution in [0, 0.1) is 0 Å². The molecule has 2 aromatic rings.